The van der Waals surface area contributed by atoms with Crippen LogP contribution in [0.25, 0.3) is 0 Å². The molecule has 0 aromatic heterocycles. The van der Waals surface area contributed by atoms with Crippen molar-refractivity contribution < 1.29 is 19.1 Å². The van der Waals surface area contributed by atoms with E-state index in [0.29, 0.717) is 6.42 Å². The van der Waals surface area contributed by atoms with Gasteiger partial charge >= 0.3 is 11.9 Å². The maximum absolute atomic E-state index is 11.6. The maximum atomic E-state index is 11.6. The summed E-state index contributed by atoms with van der Waals surface area (Å²) in [7, 11) is 2.71. The number of esters is 2. The molecule has 86 valence electrons. The lowest BCUT2D eigenvalue weighted by atomic mass is 9.92. The van der Waals surface area contributed by atoms with Crippen LogP contribution in [-0.2, 0) is 19.1 Å². The Morgan fingerprint density at radius 2 is 2.07 bits per heavy atom. The van der Waals surface area contributed by atoms with Crippen LogP contribution in [0.3, 0.4) is 0 Å². The molecule has 0 bridgehead atoms. The van der Waals surface area contributed by atoms with Gasteiger partial charge in [-0.2, -0.15) is 0 Å². The molecule has 1 saturated heterocycles. The first-order chi connectivity index (χ1) is 7.14. The Morgan fingerprint density at radius 3 is 2.53 bits per heavy atom. The van der Waals surface area contributed by atoms with Gasteiger partial charge in [-0.25, -0.2) is 0 Å². The average molecular weight is 215 g/mol. The first kappa shape index (κ1) is 12.0. The van der Waals surface area contributed by atoms with Crippen molar-refractivity contribution in [3.63, 3.8) is 0 Å². The molecule has 0 spiro atoms. The smallest absolute Gasteiger partial charge is 0.326 e. The van der Waals surface area contributed by atoms with Crippen molar-refractivity contribution in [3.8, 4) is 0 Å². The van der Waals surface area contributed by atoms with Crippen molar-refractivity contribution in [1.29, 1.82) is 0 Å². The molecule has 0 radical (unpaired) electrons. The van der Waals surface area contributed by atoms with E-state index in [1.54, 1.807) is 0 Å². The Bertz CT molecular complexity index is 246. The van der Waals surface area contributed by atoms with Gasteiger partial charge in [0.1, 0.15) is 5.54 Å². The summed E-state index contributed by atoms with van der Waals surface area (Å²) in [6, 6.07) is 0. The molecule has 1 heterocycles. The van der Waals surface area contributed by atoms with Gasteiger partial charge < -0.3 is 14.8 Å². The molecule has 0 aromatic carbocycles. The highest BCUT2D eigenvalue weighted by atomic mass is 16.5. The number of hydrogen-bond acceptors (Lipinski definition) is 5. The van der Waals surface area contributed by atoms with Crippen LogP contribution in [-0.4, -0.2) is 38.2 Å². The Kier molecular flexibility index (Phi) is 4.08. The van der Waals surface area contributed by atoms with E-state index in [-0.39, 0.29) is 18.4 Å². The molecule has 0 aliphatic carbocycles. The van der Waals surface area contributed by atoms with Crippen LogP contribution in [0, 0.1) is 0 Å². The summed E-state index contributed by atoms with van der Waals surface area (Å²) in [5.41, 5.74) is -0.678. The number of nitrogens with one attached hydrogen (secondary N) is 1. The maximum Gasteiger partial charge on any atom is 0.326 e. The largest absolute Gasteiger partial charge is 0.469 e. The highest BCUT2D eigenvalue weighted by Gasteiger charge is 2.42. The molecule has 15 heavy (non-hydrogen) atoms. The minimum absolute atomic E-state index is 0.235. The van der Waals surface area contributed by atoms with Crippen LogP contribution in [0.4, 0.5) is 0 Å². The molecule has 1 N–H and O–H groups in total. The third-order valence-electron chi connectivity index (χ3n) is 2.80. The summed E-state index contributed by atoms with van der Waals surface area (Å²) in [5, 5.41) is 3.12. The zero-order valence-electron chi connectivity index (χ0n) is 9.17. The Morgan fingerprint density at radius 1 is 1.33 bits per heavy atom. The van der Waals surface area contributed by atoms with Gasteiger partial charge in [0.15, 0.2) is 0 Å². The molecule has 1 fully saturated rings. The van der Waals surface area contributed by atoms with Crippen molar-refractivity contribution in [2.24, 2.45) is 0 Å². The van der Waals surface area contributed by atoms with E-state index in [2.05, 4.69) is 10.1 Å². The van der Waals surface area contributed by atoms with Gasteiger partial charge in [0.05, 0.1) is 14.2 Å². The van der Waals surface area contributed by atoms with E-state index in [1.807, 2.05) is 0 Å². The number of ether oxygens (including phenoxy) is 2. The molecular weight excluding hydrogens is 198 g/mol. The lowest BCUT2D eigenvalue weighted by molar-refractivity contribution is -0.149. The lowest BCUT2D eigenvalue weighted by Crippen LogP contribution is -2.48. The second-order valence-electron chi connectivity index (χ2n) is 3.68. The quantitative estimate of drug-likeness (QED) is 0.680. The minimum Gasteiger partial charge on any atom is -0.469 e. The van der Waals surface area contributed by atoms with Crippen LogP contribution in [0.1, 0.15) is 25.7 Å². The van der Waals surface area contributed by atoms with Crippen molar-refractivity contribution in [2.45, 2.75) is 31.2 Å². The first-order valence-corrected chi connectivity index (χ1v) is 5.05. The fraction of sp³-hybridized carbons (Fsp3) is 0.800. The average Bonchev–Trinajstić information content (AvgIpc) is 2.74. The van der Waals surface area contributed by atoms with Crippen molar-refractivity contribution >= 4 is 11.9 Å². The molecule has 0 unspecified atom stereocenters. The van der Waals surface area contributed by atoms with Crippen LogP contribution in [0.5, 0.6) is 0 Å². The third-order valence-corrected chi connectivity index (χ3v) is 2.80. The van der Waals surface area contributed by atoms with E-state index >= 15 is 0 Å². The van der Waals surface area contributed by atoms with E-state index in [0.717, 1.165) is 19.4 Å². The second kappa shape index (κ2) is 5.11. The SMILES string of the molecule is COC(=O)CC[C@@]1(C(=O)OC)CCCN1. The Balaban J connectivity index is 2.58. The predicted molar refractivity (Wildman–Crippen MR) is 53.2 cm³/mol. The van der Waals surface area contributed by atoms with E-state index in [9.17, 15) is 9.59 Å². The summed E-state index contributed by atoms with van der Waals surface area (Å²) in [6.45, 7) is 0.788. The molecule has 0 saturated carbocycles. The minimum atomic E-state index is -0.678. The standard InChI is InChI=1S/C10H17NO4/c1-14-8(12)4-6-10(9(13)15-2)5-3-7-11-10/h11H,3-7H2,1-2H3/t10-/m1/s1. The molecule has 1 aliphatic rings. The van der Waals surface area contributed by atoms with Gasteiger partial charge in [0.25, 0.3) is 0 Å². The number of carbonyl (C=O) groups is 2. The highest BCUT2D eigenvalue weighted by Crippen LogP contribution is 2.26. The molecular formula is C10H17NO4. The van der Waals surface area contributed by atoms with Gasteiger partial charge in [-0.15, -0.1) is 0 Å². The molecule has 5 heteroatoms. The number of methoxy groups -OCH3 is 2. The molecule has 1 rings (SSSR count). The zero-order chi connectivity index (χ0) is 11.3. The Labute approximate surface area is 89.1 Å². The molecule has 0 amide bonds. The van der Waals surface area contributed by atoms with Gasteiger partial charge in [-0.1, -0.05) is 0 Å². The van der Waals surface area contributed by atoms with Gasteiger partial charge in [-0.05, 0) is 25.8 Å². The lowest BCUT2D eigenvalue weighted by Gasteiger charge is -2.25. The summed E-state index contributed by atoms with van der Waals surface area (Å²) in [6.07, 6.45) is 2.32. The van der Waals surface area contributed by atoms with Crippen LogP contribution in [0.2, 0.25) is 0 Å². The fourth-order valence-electron chi connectivity index (χ4n) is 1.91. The number of carbonyl (C=O) groups excluding carboxylic acids is 2. The van der Waals surface area contributed by atoms with E-state index < -0.39 is 5.54 Å². The molecule has 1 aliphatic heterocycles. The zero-order valence-corrected chi connectivity index (χ0v) is 9.17. The van der Waals surface area contributed by atoms with Gasteiger partial charge in [0, 0.05) is 6.42 Å². The van der Waals surface area contributed by atoms with Crippen LogP contribution in [0.15, 0.2) is 0 Å². The van der Waals surface area contributed by atoms with E-state index in [1.165, 1.54) is 14.2 Å². The van der Waals surface area contributed by atoms with Gasteiger partial charge in [0.2, 0.25) is 0 Å². The predicted octanol–water partition coefficient (Wildman–Crippen LogP) is 0.235. The van der Waals surface area contributed by atoms with Crippen LogP contribution < -0.4 is 5.32 Å². The summed E-state index contributed by atoms with van der Waals surface area (Å²) in [4.78, 5) is 22.6. The third kappa shape index (κ3) is 2.68. The van der Waals surface area contributed by atoms with Crippen molar-refractivity contribution in [1.82, 2.24) is 5.32 Å². The molecule has 5 nitrogen and oxygen atoms in total. The first-order valence-electron chi connectivity index (χ1n) is 5.05. The highest BCUT2D eigenvalue weighted by molar-refractivity contribution is 5.82. The molecule has 1 atom stereocenters. The normalized spacial score (nSPS) is 24.9. The Hall–Kier alpha value is -1.10. The second-order valence-corrected chi connectivity index (χ2v) is 3.68. The molecule has 0 aromatic rings. The monoisotopic (exact) mass is 215 g/mol. The fourth-order valence-corrected chi connectivity index (χ4v) is 1.91. The topological polar surface area (TPSA) is 64.6 Å². The summed E-state index contributed by atoms with van der Waals surface area (Å²) in [5.74, 6) is -0.587. The van der Waals surface area contributed by atoms with Crippen molar-refractivity contribution in [3.05, 3.63) is 0 Å². The number of hydrogen-bond donors (Lipinski definition) is 1. The van der Waals surface area contributed by atoms with Crippen LogP contribution >= 0.6 is 0 Å². The van der Waals surface area contributed by atoms with E-state index in [4.69, 9.17) is 4.74 Å². The van der Waals surface area contributed by atoms with Gasteiger partial charge in [-0.3, -0.25) is 9.59 Å². The summed E-state index contributed by atoms with van der Waals surface area (Å²) < 4.78 is 9.30. The van der Waals surface area contributed by atoms with Crippen molar-refractivity contribution in [2.75, 3.05) is 20.8 Å². The summed E-state index contributed by atoms with van der Waals surface area (Å²) >= 11 is 0. The number of rotatable bonds is 4.